The van der Waals surface area contributed by atoms with E-state index in [-0.39, 0.29) is 5.91 Å². The van der Waals surface area contributed by atoms with E-state index in [1.54, 1.807) is 0 Å². The van der Waals surface area contributed by atoms with Crippen LogP contribution in [-0.2, 0) is 0 Å². The largest absolute Gasteiger partial charge is 0.348 e. The van der Waals surface area contributed by atoms with Crippen LogP contribution in [0.25, 0.3) is 10.9 Å². The fraction of sp³-hybridized carbons (Fsp3) is 0.500. The van der Waals surface area contributed by atoms with E-state index in [0.29, 0.717) is 18.1 Å². The van der Waals surface area contributed by atoms with Crippen LogP contribution in [0, 0.1) is 0 Å². The zero-order valence-corrected chi connectivity index (χ0v) is 12.9. The van der Waals surface area contributed by atoms with Crippen LogP contribution in [0.15, 0.2) is 24.3 Å². The second kappa shape index (κ2) is 5.07. The van der Waals surface area contributed by atoms with Gasteiger partial charge in [-0.3, -0.25) is 4.79 Å². The average molecular weight is 301 g/mol. The molecule has 2 saturated heterocycles. The highest BCUT2D eigenvalue weighted by atomic mass is 32.1. The van der Waals surface area contributed by atoms with Gasteiger partial charge in [-0.1, -0.05) is 18.2 Å². The molecule has 3 heterocycles. The van der Waals surface area contributed by atoms with Gasteiger partial charge < -0.3 is 10.2 Å². The standard InChI is InChI=1S/C16H19N3OS/c1-19-11-6-7-12(19)9-10(8-11)17-16(20)15-13-4-2-3-5-14(13)18-21-15/h2-5,10-12H,6-9H2,1H3,(H,17,20). The van der Waals surface area contributed by atoms with Crippen LogP contribution in [0.5, 0.6) is 0 Å². The molecule has 5 heteroatoms. The molecule has 2 unspecified atom stereocenters. The Bertz CT molecular complexity index is 669. The highest BCUT2D eigenvalue weighted by Crippen LogP contribution is 2.34. The summed E-state index contributed by atoms with van der Waals surface area (Å²) < 4.78 is 4.36. The van der Waals surface area contributed by atoms with Crippen LogP contribution >= 0.6 is 11.5 Å². The van der Waals surface area contributed by atoms with Crippen molar-refractivity contribution in [3.63, 3.8) is 0 Å². The second-order valence-corrected chi connectivity index (χ2v) is 6.99. The van der Waals surface area contributed by atoms with E-state index in [2.05, 4.69) is 21.6 Å². The number of nitrogens with zero attached hydrogens (tertiary/aromatic N) is 2. The van der Waals surface area contributed by atoms with E-state index in [9.17, 15) is 4.79 Å². The van der Waals surface area contributed by atoms with Crippen molar-refractivity contribution in [2.24, 2.45) is 0 Å². The summed E-state index contributed by atoms with van der Waals surface area (Å²) in [4.78, 5) is 15.8. The molecule has 1 aromatic heterocycles. The molecule has 2 atom stereocenters. The van der Waals surface area contributed by atoms with Crippen LogP contribution < -0.4 is 5.32 Å². The number of fused-ring (bicyclic) bond motifs is 3. The van der Waals surface area contributed by atoms with E-state index in [1.807, 2.05) is 24.3 Å². The molecule has 0 aliphatic carbocycles. The third-order valence-corrected chi connectivity index (χ3v) is 5.90. The Morgan fingerprint density at radius 1 is 1.29 bits per heavy atom. The minimum atomic E-state index is 0.0441. The molecule has 110 valence electrons. The molecule has 2 aromatic rings. The molecule has 1 amide bonds. The van der Waals surface area contributed by atoms with Gasteiger partial charge in [0.15, 0.2) is 0 Å². The lowest BCUT2D eigenvalue weighted by molar-refractivity contribution is 0.0888. The van der Waals surface area contributed by atoms with Gasteiger partial charge in [0.2, 0.25) is 0 Å². The maximum atomic E-state index is 12.5. The van der Waals surface area contributed by atoms with Gasteiger partial charge in [0.1, 0.15) is 4.88 Å². The summed E-state index contributed by atoms with van der Waals surface area (Å²) >= 11 is 1.30. The van der Waals surface area contributed by atoms with Gasteiger partial charge in [0.05, 0.1) is 5.52 Å². The first-order valence-corrected chi connectivity index (χ1v) is 8.37. The number of amides is 1. The molecule has 2 aliphatic rings. The SMILES string of the molecule is CN1C2CCC1CC(NC(=O)c1snc3ccccc13)C2. The van der Waals surface area contributed by atoms with Gasteiger partial charge in [0, 0.05) is 23.5 Å². The molecule has 0 radical (unpaired) electrons. The third-order valence-electron chi connectivity index (χ3n) is 5.02. The summed E-state index contributed by atoms with van der Waals surface area (Å²) in [5.41, 5.74) is 0.913. The number of hydrogen-bond acceptors (Lipinski definition) is 4. The van der Waals surface area contributed by atoms with Crippen LogP contribution in [0.3, 0.4) is 0 Å². The first-order valence-electron chi connectivity index (χ1n) is 7.59. The van der Waals surface area contributed by atoms with Crippen molar-refractivity contribution in [2.75, 3.05) is 7.05 Å². The Labute approximate surface area is 128 Å². The number of piperidine rings is 1. The molecule has 0 saturated carbocycles. The minimum absolute atomic E-state index is 0.0441. The summed E-state index contributed by atoms with van der Waals surface area (Å²) in [5.74, 6) is 0.0441. The highest BCUT2D eigenvalue weighted by molar-refractivity contribution is 7.09. The maximum absolute atomic E-state index is 12.5. The molecule has 1 aromatic carbocycles. The molecule has 2 fully saturated rings. The lowest BCUT2D eigenvalue weighted by Crippen LogP contribution is -2.48. The molecular weight excluding hydrogens is 282 g/mol. The fourth-order valence-electron chi connectivity index (χ4n) is 3.83. The van der Waals surface area contributed by atoms with Gasteiger partial charge in [-0.05, 0) is 50.3 Å². The highest BCUT2D eigenvalue weighted by Gasteiger charge is 2.39. The van der Waals surface area contributed by atoms with E-state index in [1.165, 1.54) is 24.4 Å². The Hall–Kier alpha value is -1.46. The van der Waals surface area contributed by atoms with Gasteiger partial charge in [-0.2, -0.15) is 4.37 Å². The number of carbonyl (C=O) groups excluding carboxylic acids is 1. The number of carbonyl (C=O) groups is 1. The first kappa shape index (κ1) is 13.2. The Balaban J connectivity index is 1.51. The van der Waals surface area contributed by atoms with Crippen LogP contribution in [0.4, 0.5) is 0 Å². The zero-order valence-electron chi connectivity index (χ0n) is 12.1. The molecular formula is C16H19N3OS. The number of nitrogens with one attached hydrogen (secondary N) is 1. The number of benzene rings is 1. The molecule has 2 bridgehead atoms. The third kappa shape index (κ3) is 2.24. The van der Waals surface area contributed by atoms with Gasteiger partial charge >= 0.3 is 0 Å². The smallest absolute Gasteiger partial charge is 0.263 e. The lowest BCUT2D eigenvalue weighted by atomic mass is 9.98. The van der Waals surface area contributed by atoms with Gasteiger partial charge in [-0.25, -0.2) is 0 Å². The van der Waals surface area contributed by atoms with Gasteiger partial charge in [-0.15, -0.1) is 0 Å². The normalized spacial score (nSPS) is 28.9. The summed E-state index contributed by atoms with van der Waals surface area (Å²) in [6, 6.07) is 9.46. The molecule has 4 nitrogen and oxygen atoms in total. The lowest BCUT2D eigenvalue weighted by Gasteiger charge is -2.36. The summed E-state index contributed by atoms with van der Waals surface area (Å²) in [5, 5.41) is 4.21. The van der Waals surface area contributed by atoms with Crippen LogP contribution in [-0.4, -0.2) is 40.4 Å². The van der Waals surface area contributed by atoms with Crippen molar-refractivity contribution in [3.8, 4) is 0 Å². The molecule has 21 heavy (non-hydrogen) atoms. The van der Waals surface area contributed by atoms with Crippen molar-refractivity contribution >= 4 is 28.3 Å². The van der Waals surface area contributed by atoms with Crippen LogP contribution in [0.2, 0.25) is 0 Å². The number of aromatic nitrogens is 1. The Kier molecular flexibility index (Phi) is 3.19. The number of rotatable bonds is 2. The van der Waals surface area contributed by atoms with Crippen molar-refractivity contribution in [1.82, 2.24) is 14.6 Å². The van der Waals surface area contributed by atoms with E-state index >= 15 is 0 Å². The summed E-state index contributed by atoms with van der Waals surface area (Å²) in [7, 11) is 2.22. The maximum Gasteiger partial charge on any atom is 0.263 e. The fourth-order valence-corrected chi connectivity index (χ4v) is 4.59. The average Bonchev–Trinajstić information content (AvgIpc) is 2.98. The van der Waals surface area contributed by atoms with E-state index < -0.39 is 0 Å². The predicted molar refractivity (Wildman–Crippen MR) is 84.7 cm³/mol. The second-order valence-electron chi connectivity index (χ2n) is 6.22. The predicted octanol–water partition coefficient (Wildman–Crippen LogP) is 2.65. The first-order chi connectivity index (χ1) is 10.2. The van der Waals surface area contributed by atoms with Gasteiger partial charge in [0.25, 0.3) is 5.91 Å². The van der Waals surface area contributed by atoms with Crippen LogP contribution in [0.1, 0.15) is 35.4 Å². The van der Waals surface area contributed by atoms with Crippen molar-refractivity contribution < 1.29 is 4.79 Å². The van der Waals surface area contributed by atoms with Crippen molar-refractivity contribution in [3.05, 3.63) is 29.1 Å². The number of hydrogen-bond donors (Lipinski definition) is 1. The Morgan fingerprint density at radius 3 is 2.76 bits per heavy atom. The molecule has 1 N–H and O–H groups in total. The van der Waals surface area contributed by atoms with Crippen molar-refractivity contribution in [2.45, 2.75) is 43.8 Å². The quantitative estimate of drug-likeness (QED) is 0.927. The molecule has 4 rings (SSSR count). The molecule has 0 spiro atoms. The molecule has 2 aliphatic heterocycles. The van der Waals surface area contributed by atoms with Crippen molar-refractivity contribution in [1.29, 1.82) is 0 Å². The monoisotopic (exact) mass is 301 g/mol. The summed E-state index contributed by atoms with van der Waals surface area (Å²) in [6.07, 6.45) is 4.71. The van der Waals surface area contributed by atoms with E-state index in [4.69, 9.17) is 0 Å². The van der Waals surface area contributed by atoms with E-state index in [0.717, 1.165) is 28.6 Å². The topological polar surface area (TPSA) is 45.2 Å². The zero-order chi connectivity index (χ0) is 14.4. The Morgan fingerprint density at radius 2 is 2.00 bits per heavy atom. The minimum Gasteiger partial charge on any atom is -0.348 e. The summed E-state index contributed by atoms with van der Waals surface area (Å²) in [6.45, 7) is 0.